The van der Waals surface area contributed by atoms with Crippen LogP contribution in [0, 0.1) is 6.92 Å². The number of carbonyl (C=O) groups excluding carboxylic acids is 1. The smallest absolute Gasteiger partial charge is 0.147 e. The van der Waals surface area contributed by atoms with Gasteiger partial charge in [-0.1, -0.05) is 37.9 Å². The minimum absolute atomic E-state index is 0.130. The largest absolute Gasteiger partial charge is 0.298 e. The summed E-state index contributed by atoms with van der Waals surface area (Å²) in [5.41, 5.74) is 2.15. The van der Waals surface area contributed by atoms with E-state index in [1.54, 1.807) is 6.92 Å². The van der Waals surface area contributed by atoms with E-state index in [2.05, 4.69) is 31.9 Å². The van der Waals surface area contributed by atoms with Gasteiger partial charge in [0.1, 0.15) is 5.78 Å². The van der Waals surface area contributed by atoms with E-state index in [-0.39, 0.29) is 10.6 Å². The first-order chi connectivity index (χ1) is 6.02. The molecule has 1 rings (SSSR count). The molecule has 1 aromatic rings. The highest BCUT2D eigenvalue weighted by Crippen LogP contribution is 2.28. The van der Waals surface area contributed by atoms with Crippen molar-refractivity contribution in [3.8, 4) is 0 Å². The maximum absolute atomic E-state index is 11.1. The third kappa shape index (κ3) is 2.64. The lowest BCUT2D eigenvalue weighted by Crippen LogP contribution is -2.02. The molecule has 13 heavy (non-hydrogen) atoms. The Morgan fingerprint density at radius 1 is 1.46 bits per heavy atom. The van der Waals surface area contributed by atoms with Gasteiger partial charge in [-0.15, -0.1) is 0 Å². The van der Waals surface area contributed by atoms with Crippen molar-refractivity contribution in [2.75, 3.05) is 0 Å². The van der Waals surface area contributed by atoms with Crippen LogP contribution in [0.2, 0.25) is 0 Å². The second kappa shape index (κ2) is 4.38. The molecule has 0 saturated heterocycles. The molecular weight excluding hydrogens is 296 g/mol. The van der Waals surface area contributed by atoms with Crippen molar-refractivity contribution in [3.05, 3.63) is 33.8 Å². The van der Waals surface area contributed by atoms with E-state index in [9.17, 15) is 4.79 Å². The van der Waals surface area contributed by atoms with Gasteiger partial charge in [0.15, 0.2) is 0 Å². The second-order valence-corrected chi connectivity index (χ2v) is 4.81. The van der Waals surface area contributed by atoms with Crippen molar-refractivity contribution in [2.45, 2.75) is 18.7 Å². The highest BCUT2D eigenvalue weighted by atomic mass is 79.9. The molecular formula is C10H10Br2O. The SMILES string of the molecule is CC(=O)C(Br)c1ccc(Br)cc1C. The van der Waals surface area contributed by atoms with Gasteiger partial charge < -0.3 is 0 Å². The first-order valence-electron chi connectivity index (χ1n) is 3.93. The van der Waals surface area contributed by atoms with E-state index in [1.807, 2.05) is 25.1 Å². The Kier molecular flexibility index (Phi) is 3.68. The van der Waals surface area contributed by atoms with Crippen molar-refractivity contribution in [1.82, 2.24) is 0 Å². The summed E-state index contributed by atoms with van der Waals surface area (Å²) in [7, 11) is 0. The maximum Gasteiger partial charge on any atom is 0.147 e. The molecule has 0 saturated carbocycles. The monoisotopic (exact) mass is 304 g/mol. The summed E-state index contributed by atoms with van der Waals surface area (Å²) in [6.07, 6.45) is 0. The normalized spacial score (nSPS) is 12.6. The number of rotatable bonds is 2. The molecule has 1 nitrogen and oxygen atoms in total. The summed E-state index contributed by atoms with van der Waals surface area (Å²) < 4.78 is 1.04. The average molecular weight is 306 g/mol. The third-order valence-electron chi connectivity index (χ3n) is 1.86. The Hall–Kier alpha value is -0.150. The number of alkyl halides is 1. The van der Waals surface area contributed by atoms with Gasteiger partial charge in [0, 0.05) is 4.47 Å². The Morgan fingerprint density at radius 2 is 2.08 bits per heavy atom. The molecule has 0 aliphatic rings. The minimum atomic E-state index is -0.180. The summed E-state index contributed by atoms with van der Waals surface area (Å²) in [5.74, 6) is 0.130. The molecule has 1 aromatic carbocycles. The van der Waals surface area contributed by atoms with Crippen LogP contribution in [-0.2, 0) is 4.79 Å². The van der Waals surface area contributed by atoms with Crippen molar-refractivity contribution in [3.63, 3.8) is 0 Å². The van der Waals surface area contributed by atoms with Crippen LogP contribution in [0.25, 0.3) is 0 Å². The van der Waals surface area contributed by atoms with Crippen LogP contribution < -0.4 is 0 Å². The van der Waals surface area contributed by atoms with Crippen LogP contribution in [0.3, 0.4) is 0 Å². The van der Waals surface area contributed by atoms with Crippen LogP contribution in [0.1, 0.15) is 22.9 Å². The number of benzene rings is 1. The predicted octanol–water partition coefficient (Wildman–Crippen LogP) is 3.78. The van der Waals surface area contributed by atoms with Gasteiger partial charge in [-0.05, 0) is 37.1 Å². The Morgan fingerprint density at radius 3 is 2.54 bits per heavy atom. The van der Waals surface area contributed by atoms with E-state index in [4.69, 9.17) is 0 Å². The van der Waals surface area contributed by atoms with Crippen LogP contribution in [0.15, 0.2) is 22.7 Å². The van der Waals surface area contributed by atoms with Crippen molar-refractivity contribution < 1.29 is 4.79 Å². The van der Waals surface area contributed by atoms with Crippen molar-refractivity contribution in [2.24, 2.45) is 0 Å². The van der Waals surface area contributed by atoms with Crippen molar-refractivity contribution >= 4 is 37.6 Å². The molecule has 70 valence electrons. The number of ketones is 1. The number of hydrogen-bond donors (Lipinski definition) is 0. The minimum Gasteiger partial charge on any atom is -0.298 e. The molecule has 0 aliphatic carbocycles. The van der Waals surface area contributed by atoms with E-state index in [1.165, 1.54) is 0 Å². The molecule has 0 aromatic heterocycles. The number of halogens is 2. The summed E-state index contributed by atoms with van der Waals surface area (Å²) in [6, 6.07) is 5.91. The number of Topliss-reactive ketones (excluding diaryl/α,β-unsaturated/α-hetero) is 1. The van der Waals surface area contributed by atoms with Gasteiger partial charge in [-0.3, -0.25) is 4.79 Å². The molecule has 1 unspecified atom stereocenters. The molecule has 0 fully saturated rings. The topological polar surface area (TPSA) is 17.1 Å². The van der Waals surface area contributed by atoms with E-state index < -0.39 is 0 Å². The predicted molar refractivity (Wildman–Crippen MR) is 61.2 cm³/mol. The van der Waals surface area contributed by atoms with Crippen molar-refractivity contribution in [1.29, 1.82) is 0 Å². The first-order valence-corrected chi connectivity index (χ1v) is 5.64. The Bertz CT molecular complexity index is 334. The maximum atomic E-state index is 11.1. The molecule has 0 aliphatic heterocycles. The summed E-state index contributed by atoms with van der Waals surface area (Å²) >= 11 is 6.74. The van der Waals surface area contributed by atoms with Gasteiger partial charge in [0.05, 0.1) is 4.83 Å². The summed E-state index contributed by atoms with van der Waals surface area (Å²) in [4.78, 5) is 10.9. The highest BCUT2D eigenvalue weighted by molar-refractivity contribution is 9.10. The van der Waals surface area contributed by atoms with Gasteiger partial charge in [-0.2, -0.15) is 0 Å². The third-order valence-corrected chi connectivity index (χ3v) is 3.49. The second-order valence-electron chi connectivity index (χ2n) is 2.97. The molecule has 0 radical (unpaired) electrons. The fraction of sp³-hybridized carbons (Fsp3) is 0.300. The zero-order valence-corrected chi connectivity index (χ0v) is 10.6. The number of aryl methyl sites for hydroxylation is 1. The number of hydrogen-bond acceptors (Lipinski definition) is 1. The quantitative estimate of drug-likeness (QED) is 0.760. The fourth-order valence-corrected chi connectivity index (χ4v) is 2.13. The Balaban J connectivity index is 3.08. The van der Waals surface area contributed by atoms with Gasteiger partial charge in [0.25, 0.3) is 0 Å². The molecule has 0 spiro atoms. The lowest BCUT2D eigenvalue weighted by molar-refractivity contribution is -0.116. The molecule has 0 N–H and O–H groups in total. The highest BCUT2D eigenvalue weighted by Gasteiger charge is 2.14. The molecule has 0 heterocycles. The Labute approximate surface area is 94.8 Å². The first kappa shape index (κ1) is 10.9. The zero-order valence-electron chi connectivity index (χ0n) is 7.47. The summed E-state index contributed by atoms with van der Waals surface area (Å²) in [6.45, 7) is 3.58. The fourth-order valence-electron chi connectivity index (χ4n) is 1.14. The molecule has 0 bridgehead atoms. The van der Waals surface area contributed by atoms with Crippen LogP contribution in [-0.4, -0.2) is 5.78 Å². The standard InChI is InChI=1S/C10H10Br2O/c1-6-5-8(11)3-4-9(6)10(12)7(2)13/h3-5,10H,1-2H3. The van der Waals surface area contributed by atoms with Gasteiger partial charge in [-0.25, -0.2) is 0 Å². The molecule has 1 atom stereocenters. The zero-order chi connectivity index (χ0) is 10.0. The van der Waals surface area contributed by atoms with Gasteiger partial charge in [0.2, 0.25) is 0 Å². The number of carbonyl (C=O) groups is 1. The van der Waals surface area contributed by atoms with E-state index in [0.29, 0.717) is 0 Å². The van der Waals surface area contributed by atoms with E-state index >= 15 is 0 Å². The average Bonchev–Trinajstić information content (AvgIpc) is 2.03. The lowest BCUT2D eigenvalue weighted by atomic mass is 10.0. The summed E-state index contributed by atoms with van der Waals surface area (Å²) in [5, 5.41) is 0. The van der Waals surface area contributed by atoms with Crippen LogP contribution >= 0.6 is 31.9 Å². The van der Waals surface area contributed by atoms with Crippen LogP contribution in [0.4, 0.5) is 0 Å². The molecule has 0 amide bonds. The lowest BCUT2D eigenvalue weighted by Gasteiger charge is -2.09. The van der Waals surface area contributed by atoms with E-state index in [0.717, 1.165) is 15.6 Å². The van der Waals surface area contributed by atoms with Gasteiger partial charge >= 0.3 is 0 Å². The van der Waals surface area contributed by atoms with Crippen LogP contribution in [0.5, 0.6) is 0 Å². The molecule has 3 heteroatoms.